The lowest BCUT2D eigenvalue weighted by Crippen LogP contribution is -2.02. The highest BCUT2D eigenvalue weighted by Gasteiger charge is 1.96. The summed E-state index contributed by atoms with van der Waals surface area (Å²) in [6.07, 6.45) is 0.910. The molecule has 1 heterocycles. The molecule has 56 valence electrons. The lowest BCUT2D eigenvalue weighted by atomic mass is 10.5. The molecule has 0 atom stereocenters. The van der Waals surface area contributed by atoms with Gasteiger partial charge in [-0.2, -0.15) is 0 Å². The van der Waals surface area contributed by atoms with Crippen LogP contribution in [0.3, 0.4) is 0 Å². The molecule has 0 saturated heterocycles. The molecule has 0 unspecified atom stereocenters. The van der Waals surface area contributed by atoms with E-state index in [1.165, 1.54) is 0 Å². The summed E-state index contributed by atoms with van der Waals surface area (Å²) in [5, 5.41) is 11.0. The maximum absolute atomic E-state index is 5.49. The highest BCUT2D eigenvalue weighted by atomic mass is 35.5. The molecular weight excluding hydrogens is 152 g/mol. The minimum Gasteiger partial charge on any atom is -0.230 e. The Balaban J connectivity index is 2.49. The molecule has 1 aromatic rings. The molecule has 4 nitrogen and oxygen atoms in total. The van der Waals surface area contributed by atoms with Crippen molar-refractivity contribution in [3.8, 4) is 0 Å². The third-order valence-corrected chi connectivity index (χ3v) is 1.48. The molecule has 0 aliphatic rings. The molecule has 0 N–H and O–H groups in total. The van der Waals surface area contributed by atoms with Crippen molar-refractivity contribution in [2.75, 3.05) is 5.88 Å². The monoisotopic (exact) mass is 160 g/mol. The van der Waals surface area contributed by atoms with Crippen molar-refractivity contribution in [1.29, 1.82) is 0 Å². The molecule has 0 amide bonds. The molecule has 10 heavy (non-hydrogen) atoms. The van der Waals surface area contributed by atoms with Gasteiger partial charge in [-0.3, -0.25) is 0 Å². The SMILES string of the molecule is Cc1nnnn1CCCCl. The van der Waals surface area contributed by atoms with E-state index in [-0.39, 0.29) is 0 Å². The van der Waals surface area contributed by atoms with Crippen LogP contribution in [-0.4, -0.2) is 26.1 Å². The Labute approximate surface area is 64.2 Å². The maximum atomic E-state index is 5.49. The Morgan fingerprint density at radius 2 is 2.40 bits per heavy atom. The van der Waals surface area contributed by atoms with E-state index >= 15 is 0 Å². The number of hydrogen-bond donors (Lipinski definition) is 0. The zero-order valence-electron chi connectivity index (χ0n) is 5.79. The van der Waals surface area contributed by atoms with Gasteiger partial charge in [0.05, 0.1) is 0 Å². The summed E-state index contributed by atoms with van der Waals surface area (Å²) in [5.41, 5.74) is 0. The van der Waals surface area contributed by atoms with Gasteiger partial charge in [0.25, 0.3) is 0 Å². The number of alkyl halides is 1. The van der Waals surface area contributed by atoms with E-state index in [1.807, 2.05) is 6.92 Å². The van der Waals surface area contributed by atoms with Crippen LogP contribution in [0.1, 0.15) is 12.2 Å². The lowest BCUT2D eigenvalue weighted by Gasteiger charge is -1.96. The fourth-order valence-electron chi connectivity index (χ4n) is 0.665. The maximum Gasteiger partial charge on any atom is 0.148 e. The van der Waals surface area contributed by atoms with Crippen molar-refractivity contribution >= 4 is 11.6 Å². The molecule has 0 saturated carbocycles. The van der Waals surface area contributed by atoms with Gasteiger partial charge in [0.2, 0.25) is 0 Å². The van der Waals surface area contributed by atoms with E-state index in [2.05, 4.69) is 15.5 Å². The molecule has 0 bridgehead atoms. The molecule has 0 spiro atoms. The first-order valence-corrected chi connectivity index (χ1v) is 3.67. The molecule has 5 heteroatoms. The number of aryl methyl sites for hydroxylation is 2. The first kappa shape index (κ1) is 7.47. The Kier molecular flexibility index (Phi) is 2.62. The average Bonchev–Trinajstić information content (AvgIpc) is 2.31. The van der Waals surface area contributed by atoms with Gasteiger partial charge in [-0.05, 0) is 23.8 Å². The Bertz CT molecular complexity index is 197. The number of hydrogen-bond acceptors (Lipinski definition) is 3. The van der Waals surface area contributed by atoms with Crippen LogP contribution in [0.15, 0.2) is 0 Å². The van der Waals surface area contributed by atoms with Crippen molar-refractivity contribution in [1.82, 2.24) is 20.2 Å². The number of halogens is 1. The van der Waals surface area contributed by atoms with E-state index in [0.717, 1.165) is 18.8 Å². The number of nitrogens with zero attached hydrogens (tertiary/aromatic N) is 4. The van der Waals surface area contributed by atoms with Gasteiger partial charge in [-0.15, -0.1) is 16.7 Å². The van der Waals surface area contributed by atoms with Gasteiger partial charge in [0, 0.05) is 12.4 Å². The van der Waals surface area contributed by atoms with Crippen molar-refractivity contribution in [2.45, 2.75) is 19.9 Å². The second-order valence-electron chi connectivity index (χ2n) is 1.99. The largest absolute Gasteiger partial charge is 0.230 e. The molecular formula is C5H9ClN4. The summed E-state index contributed by atoms with van der Waals surface area (Å²) >= 11 is 5.49. The second kappa shape index (κ2) is 3.51. The zero-order valence-corrected chi connectivity index (χ0v) is 6.54. The van der Waals surface area contributed by atoms with Crippen LogP contribution < -0.4 is 0 Å². The Morgan fingerprint density at radius 3 is 2.90 bits per heavy atom. The van der Waals surface area contributed by atoms with Crippen LogP contribution in [0.5, 0.6) is 0 Å². The smallest absolute Gasteiger partial charge is 0.148 e. The molecule has 0 aromatic carbocycles. The summed E-state index contributed by atoms with van der Waals surface area (Å²) in [7, 11) is 0. The Morgan fingerprint density at radius 1 is 1.60 bits per heavy atom. The minimum atomic E-state index is 0.652. The van der Waals surface area contributed by atoms with Gasteiger partial charge in [0.1, 0.15) is 5.82 Å². The van der Waals surface area contributed by atoms with Crippen LogP contribution in [0.2, 0.25) is 0 Å². The topological polar surface area (TPSA) is 43.6 Å². The standard InChI is InChI=1S/C5H9ClN4/c1-5-7-8-9-10(5)4-2-3-6/h2-4H2,1H3. The lowest BCUT2D eigenvalue weighted by molar-refractivity contribution is 0.568. The molecule has 0 radical (unpaired) electrons. The van der Waals surface area contributed by atoms with E-state index < -0.39 is 0 Å². The number of rotatable bonds is 3. The van der Waals surface area contributed by atoms with Gasteiger partial charge >= 0.3 is 0 Å². The molecule has 0 aliphatic carbocycles. The predicted octanol–water partition coefficient (Wildman–Crippen LogP) is 0.610. The first-order chi connectivity index (χ1) is 4.84. The molecule has 1 aromatic heterocycles. The van der Waals surface area contributed by atoms with E-state index in [1.54, 1.807) is 4.68 Å². The second-order valence-corrected chi connectivity index (χ2v) is 2.37. The minimum absolute atomic E-state index is 0.652. The van der Waals surface area contributed by atoms with Crippen molar-refractivity contribution in [2.24, 2.45) is 0 Å². The van der Waals surface area contributed by atoms with Gasteiger partial charge in [-0.1, -0.05) is 0 Å². The van der Waals surface area contributed by atoms with Crippen molar-refractivity contribution in [3.05, 3.63) is 5.82 Å². The number of aromatic nitrogens is 4. The van der Waals surface area contributed by atoms with Gasteiger partial charge in [0.15, 0.2) is 0 Å². The predicted molar refractivity (Wildman–Crippen MR) is 37.9 cm³/mol. The van der Waals surface area contributed by atoms with E-state index in [9.17, 15) is 0 Å². The van der Waals surface area contributed by atoms with Gasteiger partial charge < -0.3 is 0 Å². The highest BCUT2D eigenvalue weighted by Crippen LogP contribution is 1.92. The summed E-state index contributed by atoms with van der Waals surface area (Å²) in [6.45, 7) is 2.68. The van der Waals surface area contributed by atoms with E-state index in [0.29, 0.717) is 5.88 Å². The summed E-state index contributed by atoms with van der Waals surface area (Å²) in [5.74, 6) is 1.49. The number of tetrazole rings is 1. The highest BCUT2D eigenvalue weighted by molar-refractivity contribution is 6.17. The fourth-order valence-corrected chi connectivity index (χ4v) is 0.785. The summed E-state index contributed by atoms with van der Waals surface area (Å²) in [6, 6.07) is 0. The normalized spacial score (nSPS) is 10.2. The Hall–Kier alpha value is -0.640. The van der Waals surface area contributed by atoms with Crippen LogP contribution in [-0.2, 0) is 6.54 Å². The molecule has 1 rings (SSSR count). The fraction of sp³-hybridized carbons (Fsp3) is 0.800. The van der Waals surface area contributed by atoms with Crippen LogP contribution in [0, 0.1) is 6.92 Å². The molecule has 0 aliphatic heterocycles. The van der Waals surface area contributed by atoms with Crippen molar-refractivity contribution < 1.29 is 0 Å². The third kappa shape index (κ3) is 1.67. The van der Waals surface area contributed by atoms with Gasteiger partial charge in [-0.25, -0.2) is 4.68 Å². The molecule has 0 fully saturated rings. The quantitative estimate of drug-likeness (QED) is 0.609. The summed E-state index contributed by atoms with van der Waals surface area (Å²) < 4.78 is 1.74. The van der Waals surface area contributed by atoms with Crippen molar-refractivity contribution in [3.63, 3.8) is 0 Å². The van der Waals surface area contributed by atoms with Crippen LogP contribution in [0.4, 0.5) is 0 Å². The summed E-state index contributed by atoms with van der Waals surface area (Å²) in [4.78, 5) is 0. The van der Waals surface area contributed by atoms with Crippen LogP contribution in [0.25, 0.3) is 0 Å². The average molecular weight is 161 g/mol. The van der Waals surface area contributed by atoms with E-state index in [4.69, 9.17) is 11.6 Å². The zero-order chi connectivity index (χ0) is 7.40. The van der Waals surface area contributed by atoms with Crippen LogP contribution >= 0.6 is 11.6 Å². The first-order valence-electron chi connectivity index (χ1n) is 3.13. The third-order valence-electron chi connectivity index (χ3n) is 1.21.